The van der Waals surface area contributed by atoms with E-state index >= 15 is 0 Å². The van der Waals surface area contributed by atoms with E-state index < -0.39 is 0 Å². The number of ether oxygens (including phenoxy) is 1. The van der Waals surface area contributed by atoms with Crippen LogP contribution in [0.2, 0.25) is 0 Å². The van der Waals surface area contributed by atoms with Gasteiger partial charge >= 0.3 is 0 Å². The Labute approximate surface area is 75.8 Å². The lowest BCUT2D eigenvalue weighted by molar-refractivity contribution is 0.228. The Morgan fingerprint density at radius 2 is 2.67 bits per heavy atom. The summed E-state index contributed by atoms with van der Waals surface area (Å²) in [7, 11) is 0. The summed E-state index contributed by atoms with van der Waals surface area (Å²) in [5.41, 5.74) is 2.83. The minimum Gasteiger partial charge on any atom is -0.478 e. The predicted octanol–water partition coefficient (Wildman–Crippen LogP) is 1.19. The van der Waals surface area contributed by atoms with Crippen molar-refractivity contribution in [2.75, 3.05) is 13.1 Å². The van der Waals surface area contributed by atoms with Gasteiger partial charge in [-0.3, -0.25) is 0 Å². The molecule has 1 aliphatic rings. The average Bonchev–Trinajstić information content (AvgIpc) is 2.65. The van der Waals surface area contributed by atoms with E-state index in [0.717, 1.165) is 30.3 Å². The fourth-order valence-corrected chi connectivity index (χ4v) is 2.01. The van der Waals surface area contributed by atoms with Crippen molar-refractivity contribution >= 4 is 11.3 Å². The van der Waals surface area contributed by atoms with Gasteiger partial charge in [-0.05, 0) is 19.9 Å². The molecule has 1 saturated heterocycles. The van der Waals surface area contributed by atoms with Crippen molar-refractivity contribution in [3.8, 4) is 5.06 Å². The van der Waals surface area contributed by atoms with Crippen LogP contribution >= 0.6 is 11.3 Å². The summed E-state index contributed by atoms with van der Waals surface area (Å²) in [6.07, 6.45) is 1.46. The molecule has 4 heteroatoms. The van der Waals surface area contributed by atoms with Gasteiger partial charge in [-0.1, -0.05) is 11.3 Å². The fraction of sp³-hybridized carbons (Fsp3) is 0.625. The lowest BCUT2D eigenvalue weighted by Crippen LogP contribution is -2.19. The summed E-state index contributed by atoms with van der Waals surface area (Å²) in [4.78, 5) is 4.13. The quantitative estimate of drug-likeness (QED) is 0.749. The van der Waals surface area contributed by atoms with Crippen LogP contribution in [0.25, 0.3) is 0 Å². The molecule has 0 spiro atoms. The molecule has 2 rings (SSSR count). The average molecular weight is 184 g/mol. The lowest BCUT2D eigenvalue weighted by atomic mass is 10.3. The zero-order chi connectivity index (χ0) is 8.39. The summed E-state index contributed by atoms with van der Waals surface area (Å²) in [6, 6.07) is 0. The Kier molecular flexibility index (Phi) is 2.28. The molecule has 0 radical (unpaired) electrons. The van der Waals surface area contributed by atoms with Crippen molar-refractivity contribution in [3.05, 3.63) is 11.2 Å². The smallest absolute Gasteiger partial charge is 0.197 e. The molecule has 12 heavy (non-hydrogen) atoms. The largest absolute Gasteiger partial charge is 0.478 e. The van der Waals surface area contributed by atoms with Crippen LogP contribution in [0.3, 0.4) is 0 Å². The number of thiazole rings is 1. The van der Waals surface area contributed by atoms with Gasteiger partial charge in [-0.15, -0.1) is 0 Å². The predicted molar refractivity (Wildman–Crippen MR) is 48.8 cm³/mol. The second-order valence-electron chi connectivity index (χ2n) is 2.96. The standard InChI is InChI=1S/C8H12N2OS/c1-6-8(12-5-10-6)11-7-2-3-9-4-7/h5,7,9H,2-4H2,1H3. The van der Waals surface area contributed by atoms with E-state index in [9.17, 15) is 0 Å². The molecule has 0 bridgehead atoms. The minimum absolute atomic E-state index is 0.351. The second kappa shape index (κ2) is 3.41. The van der Waals surface area contributed by atoms with Crippen molar-refractivity contribution in [2.45, 2.75) is 19.4 Å². The number of nitrogens with one attached hydrogen (secondary N) is 1. The lowest BCUT2D eigenvalue weighted by Gasteiger charge is -2.09. The van der Waals surface area contributed by atoms with E-state index in [4.69, 9.17) is 4.74 Å². The highest BCUT2D eigenvalue weighted by atomic mass is 32.1. The summed E-state index contributed by atoms with van der Waals surface area (Å²) in [5, 5.41) is 4.24. The van der Waals surface area contributed by atoms with Crippen molar-refractivity contribution in [2.24, 2.45) is 0 Å². The van der Waals surface area contributed by atoms with Gasteiger partial charge in [0.1, 0.15) is 6.10 Å². The van der Waals surface area contributed by atoms with Gasteiger partial charge < -0.3 is 10.1 Å². The number of rotatable bonds is 2. The maximum Gasteiger partial charge on any atom is 0.197 e. The number of hydrogen-bond acceptors (Lipinski definition) is 4. The van der Waals surface area contributed by atoms with Crippen LogP contribution in [0.5, 0.6) is 5.06 Å². The number of hydrogen-bond donors (Lipinski definition) is 1. The van der Waals surface area contributed by atoms with Gasteiger partial charge in [0.25, 0.3) is 0 Å². The highest BCUT2D eigenvalue weighted by Crippen LogP contribution is 2.24. The van der Waals surface area contributed by atoms with Crippen LogP contribution in [-0.2, 0) is 0 Å². The molecule has 0 aliphatic carbocycles. The van der Waals surface area contributed by atoms with Crippen LogP contribution in [0.4, 0.5) is 0 Å². The molecule has 1 N–H and O–H groups in total. The van der Waals surface area contributed by atoms with E-state index in [-0.39, 0.29) is 0 Å². The normalized spacial score (nSPS) is 22.9. The Morgan fingerprint density at radius 3 is 3.25 bits per heavy atom. The number of aryl methyl sites for hydroxylation is 1. The SMILES string of the molecule is Cc1ncsc1OC1CCNC1. The molecule has 1 unspecified atom stereocenters. The van der Waals surface area contributed by atoms with E-state index in [2.05, 4.69) is 10.3 Å². The van der Waals surface area contributed by atoms with Crippen molar-refractivity contribution in [1.82, 2.24) is 10.3 Å². The zero-order valence-corrected chi connectivity index (χ0v) is 7.86. The first kappa shape index (κ1) is 8.01. The molecule has 0 aromatic carbocycles. The highest BCUT2D eigenvalue weighted by Gasteiger charge is 2.17. The molecule has 1 atom stereocenters. The van der Waals surface area contributed by atoms with Gasteiger partial charge in [0.2, 0.25) is 0 Å². The Balaban J connectivity index is 1.98. The van der Waals surface area contributed by atoms with Gasteiger partial charge in [0.15, 0.2) is 5.06 Å². The second-order valence-corrected chi connectivity index (χ2v) is 3.78. The van der Waals surface area contributed by atoms with E-state index in [1.165, 1.54) is 0 Å². The first-order valence-electron chi connectivity index (χ1n) is 4.14. The van der Waals surface area contributed by atoms with Crippen LogP contribution in [0, 0.1) is 6.92 Å². The maximum absolute atomic E-state index is 5.74. The molecule has 2 heterocycles. The van der Waals surface area contributed by atoms with E-state index in [1.54, 1.807) is 11.3 Å². The number of nitrogens with zero attached hydrogens (tertiary/aromatic N) is 1. The van der Waals surface area contributed by atoms with Crippen LogP contribution in [0.15, 0.2) is 5.51 Å². The first-order valence-corrected chi connectivity index (χ1v) is 5.01. The monoisotopic (exact) mass is 184 g/mol. The first-order chi connectivity index (χ1) is 5.86. The van der Waals surface area contributed by atoms with E-state index in [0.29, 0.717) is 6.10 Å². The van der Waals surface area contributed by atoms with Crippen LogP contribution in [0.1, 0.15) is 12.1 Å². The Morgan fingerprint density at radius 1 is 1.75 bits per heavy atom. The van der Waals surface area contributed by atoms with Crippen LogP contribution < -0.4 is 10.1 Å². The van der Waals surface area contributed by atoms with E-state index in [1.807, 2.05) is 12.4 Å². The molecular formula is C8H12N2OS. The van der Waals surface area contributed by atoms with Crippen LogP contribution in [-0.4, -0.2) is 24.2 Å². The van der Waals surface area contributed by atoms with Gasteiger partial charge in [-0.2, -0.15) is 0 Å². The molecule has 0 saturated carbocycles. The number of aromatic nitrogens is 1. The van der Waals surface area contributed by atoms with Gasteiger partial charge in [0, 0.05) is 6.54 Å². The maximum atomic E-state index is 5.74. The molecule has 66 valence electrons. The minimum atomic E-state index is 0.351. The Hall–Kier alpha value is -0.610. The molecule has 1 fully saturated rings. The molecule has 1 aliphatic heterocycles. The third-order valence-electron chi connectivity index (χ3n) is 1.99. The highest BCUT2D eigenvalue weighted by molar-refractivity contribution is 7.11. The third-order valence-corrected chi connectivity index (χ3v) is 2.81. The molecule has 1 aromatic heterocycles. The topological polar surface area (TPSA) is 34.1 Å². The summed E-state index contributed by atoms with van der Waals surface area (Å²) in [6.45, 7) is 4.02. The third kappa shape index (κ3) is 1.59. The Bertz CT molecular complexity index is 255. The van der Waals surface area contributed by atoms with Crippen molar-refractivity contribution in [1.29, 1.82) is 0 Å². The van der Waals surface area contributed by atoms with Crippen molar-refractivity contribution in [3.63, 3.8) is 0 Å². The molecule has 1 aromatic rings. The molecule has 0 amide bonds. The summed E-state index contributed by atoms with van der Waals surface area (Å²) in [5.74, 6) is 0. The molecular weight excluding hydrogens is 172 g/mol. The van der Waals surface area contributed by atoms with Gasteiger partial charge in [-0.25, -0.2) is 4.98 Å². The van der Waals surface area contributed by atoms with Crippen molar-refractivity contribution < 1.29 is 4.74 Å². The van der Waals surface area contributed by atoms with Gasteiger partial charge in [0.05, 0.1) is 11.2 Å². The molecule has 3 nitrogen and oxygen atoms in total. The zero-order valence-electron chi connectivity index (χ0n) is 7.04. The fourth-order valence-electron chi connectivity index (χ4n) is 1.28. The summed E-state index contributed by atoms with van der Waals surface area (Å²) < 4.78 is 5.74. The summed E-state index contributed by atoms with van der Waals surface area (Å²) >= 11 is 1.58.